The number of phenolic OH excluding ortho intramolecular Hbond substituents is 1. The summed E-state index contributed by atoms with van der Waals surface area (Å²) < 4.78 is 105. The number of hydrogen-bond donors (Lipinski definition) is 6. The van der Waals surface area contributed by atoms with Crippen molar-refractivity contribution in [3.63, 3.8) is 0 Å². The Labute approximate surface area is 324 Å². The predicted molar refractivity (Wildman–Crippen MR) is 209 cm³/mol. The molecule has 0 heterocycles. The minimum Gasteiger partial charge on any atom is -0.505 e. The summed E-state index contributed by atoms with van der Waals surface area (Å²) in [5.74, 6) is -1.58. The van der Waals surface area contributed by atoms with E-state index in [9.17, 15) is 44.3 Å². The first-order valence-electron chi connectivity index (χ1n) is 16.3. The molecule has 6 aromatic carbocycles. The lowest BCUT2D eigenvalue weighted by Crippen LogP contribution is -2.11. The van der Waals surface area contributed by atoms with Crippen LogP contribution in [0.4, 0.5) is 34.1 Å². The molecule has 0 aromatic heterocycles. The zero-order valence-electron chi connectivity index (χ0n) is 29.1. The van der Waals surface area contributed by atoms with Crippen LogP contribution >= 0.6 is 0 Å². The van der Waals surface area contributed by atoms with Crippen molar-refractivity contribution in [1.82, 2.24) is 0 Å². The lowest BCUT2D eigenvalue weighted by Gasteiger charge is -2.11. The van der Waals surface area contributed by atoms with E-state index in [0.717, 1.165) is 12.1 Å². The van der Waals surface area contributed by atoms with Crippen LogP contribution in [0.1, 0.15) is 16.8 Å². The van der Waals surface area contributed by atoms with Crippen LogP contribution in [0.25, 0.3) is 21.5 Å². The number of amides is 1. The Morgan fingerprint density at radius 2 is 1.26 bits per heavy atom. The van der Waals surface area contributed by atoms with Gasteiger partial charge in [-0.1, -0.05) is 6.07 Å². The van der Waals surface area contributed by atoms with Crippen molar-refractivity contribution in [2.45, 2.75) is 16.2 Å². The van der Waals surface area contributed by atoms with E-state index in [1.54, 1.807) is 12.1 Å². The van der Waals surface area contributed by atoms with Crippen molar-refractivity contribution < 1.29 is 53.5 Å². The van der Waals surface area contributed by atoms with Crippen molar-refractivity contribution >= 4 is 91.9 Å². The van der Waals surface area contributed by atoms with Gasteiger partial charge in [-0.05, 0) is 108 Å². The average Bonchev–Trinajstić information content (AvgIpc) is 3.14. The normalized spacial score (nSPS) is 12.5. The molecule has 0 saturated carbocycles. The summed E-state index contributed by atoms with van der Waals surface area (Å²) in [4.78, 5) is 11.4. The number of aromatic hydroxyl groups is 1. The average molecular weight is 835 g/mol. The highest BCUT2D eigenvalue weighted by Gasteiger charge is 2.23. The van der Waals surface area contributed by atoms with Gasteiger partial charge in [0.15, 0.2) is 5.75 Å². The minimum atomic E-state index is -4.93. The van der Waals surface area contributed by atoms with E-state index in [0.29, 0.717) is 22.3 Å². The molecule has 1 amide bonds. The van der Waals surface area contributed by atoms with Crippen LogP contribution in [0.5, 0.6) is 11.5 Å². The molecule has 18 nitrogen and oxygen atoms in total. The van der Waals surface area contributed by atoms with Gasteiger partial charge in [0, 0.05) is 33.8 Å². The molecule has 0 bridgehead atoms. The van der Waals surface area contributed by atoms with Crippen LogP contribution in [0.2, 0.25) is 0 Å². The molecular weight excluding hydrogens is 805 g/mol. The maximum absolute atomic E-state index is 12.7. The lowest BCUT2D eigenvalue weighted by atomic mass is 10.1. The number of nitrogens with one attached hydrogen (secondary N) is 1. The van der Waals surface area contributed by atoms with Gasteiger partial charge in [-0.2, -0.15) is 40.6 Å². The van der Waals surface area contributed by atoms with Crippen molar-refractivity contribution in [1.29, 1.82) is 0 Å². The summed E-state index contributed by atoms with van der Waals surface area (Å²) >= 11 is 0. The molecule has 0 fully saturated rings. The number of anilines is 2. The first-order chi connectivity index (χ1) is 26.8. The second-order valence-corrected chi connectivity index (χ2v) is 16.6. The van der Waals surface area contributed by atoms with E-state index in [1.807, 2.05) is 0 Å². The maximum atomic E-state index is 12.7. The standard InChI is InChI=1S/C36H30N6O12S3/c37-24-5-2-21(3-6-24)36(44)38-27-12-13-30-23(16-27)18-33(57(51,52)53)34(35(30)43)42-40-26-10-8-25(9-11-26)39-41-28-7-4-22-17-29(54-14-1-15-55(45,46)47)20-32(31(22)19-28)56(48,49)50/h2-13,16-20,43H,1,14-15,37H2,(H,38,44)(H,45,46,47)(H,48,49,50)(H,51,52,53). The highest BCUT2D eigenvalue weighted by molar-refractivity contribution is 7.86. The number of phenols is 1. The van der Waals surface area contributed by atoms with E-state index < -0.39 is 63.2 Å². The number of rotatable bonds is 13. The SMILES string of the molecule is Nc1ccc(C(=O)Nc2ccc3c(O)c(N=Nc4ccc(N=Nc5ccc6cc(OCCCS(=O)(=O)O)cc(S(=O)(=O)O)c6c5)cc4)c(S(=O)(=O)O)cc3c2)cc1. The molecule has 0 aliphatic rings. The molecule has 6 rings (SSSR count). The number of ether oxygens (including phenoxy) is 1. The van der Waals surface area contributed by atoms with Gasteiger partial charge in [-0.15, -0.1) is 5.11 Å². The molecule has 294 valence electrons. The lowest BCUT2D eigenvalue weighted by molar-refractivity contribution is 0.102. The van der Waals surface area contributed by atoms with Crippen LogP contribution in [-0.2, 0) is 30.4 Å². The van der Waals surface area contributed by atoms with Crippen LogP contribution < -0.4 is 15.8 Å². The number of benzene rings is 6. The number of fused-ring (bicyclic) bond motifs is 2. The predicted octanol–water partition coefficient (Wildman–Crippen LogP) is 7.51. The summed E-state index contributed by atoms with van der Waals surface area (Å²) in [6.45, 7) is -0.155. The highest BCUT2D eigenvalue weighted by Crippen LogP contribution is 2.42. The molecule has 0 atom stereocenters. The number of hydrogen-bond acceptors (Lipinski definition) is 14. The van der Waals surface area contributed by atoms with Crippen molar-refractivity contribution in [2.24, 2.45) is 20.5 Å². The van der Waals surface area contributed by atoms with E-state index in [4.69, 9.17) is 15.0 Å². The summed E-state index contributed by atoms with van der Waals surface area (Å²) in [6.07, 6.45) is -0.0667. The summed E-state index contributed by atoms with van der Waals surface area (Å²) in [5.41, 5.74) is 6.91. The number of azo groups is 2. The number of carbonyl (C=O) groups excluding carboxylic acids is 1. The minimum absolute atomic E-state index is 0.0363. The van der Waals surface area contributed by atoms with Crippen molar-refractivity contribution in [3.8, 4) is 11.5 Å². The van der Waals surface area contributed by atoms with Gasteiger partial charge in [-0.3, -0.25) is 18.5 Å². The zero-order chi connectivity index (χ0) is 41.1. The Kier molecular flexibility index (Phi) is 11.3. The molecule has 0 spiro atoms. The van der Waals surface area contributed by atoms with Crippen LogP contribution in [0.3, 0.4) is 0 Å². The molecule has 0 radical (unpaired) electrons. The third kappa shape index (κ3) is 10.1. The zero-order valence-corrected chi connectivity index (χ0v) is 31.5. The quantitative estimate of drug-likeness (QED) is 0.0284. The van der Waals surface area contributed by atoms with Gasteiger partial charge in [0.1, 0.15) is 21.2 Å². The first-order valence-corrected chi connectivity index (χ1v) is 20.8. The maximum Gasteiger partial charge on any atom is 0.296 e. The monoisotopic (exact) mass is 834 g/mol. The topological polar surface area (TPSA) is 297 Å². The first kappa shape index (κ1) is 40.3. The third-order valence-corrected chi connectivity index (χ3v) is 10.7. The summed E-state index contributed by atoms with van der Waals surface area (Å²) in [5, 5.41) is 30.6. The Morgan fingerprint density at radius 1 is 0.649 bits per heavy atom. The van der Waals surface area contributed by atoms with Crippen molar-refractivity contribution in [3.05, 3.63) is 109 Å². The number of carbonyl (C=O) groups is 1. The van der Waals surface area contributed by atoms with E-state index >= 15 is 0 Å². The molecule has 7 N–H and O–H groups in total. The smallest absolute Gasteiger partial charge is 0.296 e. The summed E-state index contributed by atoms with van der Waals surface area (Å²) in [7, 11) is -13.9. The third-order valence-electron chi connectivity index (χ3n) is 8.12. The molecule has 21 heteroatoms. The highest BCUT2D eigenvalue weighted by atomic mass is 32.2. The fourth-order valence-electron chi connectivity index (χ4n) is 5.45. The van der Waals surface area contributed by atoms with Crippen LogP contribution in [0, 0.1) is 0 Å². The largest absolute Gasteiger partial charge is 0.505 e. The number of nitrogens with zero attached hydrogens (tertiary/aromatic N) is 4. The van der Waals surface area contributed by atoms with Crippen LogP contribution in [0.15, 0.2) is 133 Å². The molecule has 0 saturated heterocycles. The summed E-state index contributed by atoms with van der Waals surface area (Å²) in [6, 6.07) is 24.4. The fraction of sp³-hybridized carbons (Fsp3) is 0.0833. The van der Waals surface area contributed by atoms with E-state index in [-0.39, 0.29) is 52.0 Å². The van der Waals surface area contributed by atoms with Gasteiger partial charge in [0.05, 0.1) is 29.4 Å². The van der Waals surface area contributed by atoms with Gasteiger partial charge < -0.3 is 20.9 Å². The fourth-order valence-corrected chi connectivity index (χ4v) is 7.31. The Morgan fingerprint density at radius 3 is 1.89 bits per heavy atom. The van der Waals surface area contributed by atoms with Gasteiger partial charge >= 0.3 is 0 Å². The van der Waals surface area contributed by atoms with Crippen molar-refractivity contribution in [2.75, 3.05) is 23.4 Å². The van der Waals surface area contributed by atoms with Gasteiger partial charge in [0.25, 0.3) is 36.3 Å². The van der Waals surface area contributed by atoms with Gasteiger partial charge in [0.2, 0.25) is 0 Å². The Balaban J connectivity index is 1.20. The number of nitrogen functional groups attached to an aromatic ring is 1. The Bertz CT molecular complexity index is 2940. The van der Waals surface area contributed by atoms with Gasteiger partial charge in [-0.25, -0.2) is 0 Å². The molecule has 0 aliphatic heterocycles. The molecular formula is C36H30N6O12S3. The molecule has 6 aromatic rings. The molecule has 0 aliphatic carbocycles. The molecule has 0 unspecified atom stereocenters. The number of nitrogens with two attached hydrogens (primary N) is 1. The molecule has 57 heavy (non-hydrogen) atoms. The second kappa shape index (κ2) is 16.0. The Hall–Kier alpha value is -6.36. The van der Waals surface area contributed by atoms with Crippen LogP contribution in [-0.4, -0.2) is 62.3 Å². The second-order valence-electron chi connectivity index (χ2n) is 12.3. The van der Waals surface area contributed by atoms with E-state index in [2.05, 4.69) is 25.8 Å². The van der Waals surface area contributed by atoms with E-state index in [1.165, 1.54) is 78.9 Å².